The molecule has 0 radical (unpaired) electrons. The van der Waals surface area contributed by atoms with Crippen LogP contribution in [0.1, 0.15) is 21.5 Å². The second kappa shape index (κ2) is 7.74. The average molecular weight is 463 g/mol. The lowest BCUT2D eigenvalue weighted by Crippen LogP contribution is -1.96. The molecule has 0 aromatic heterocycles. The summed E-state index contributed by atoms with van der Waals surface area (Å²) in [5.41, 5.74) is 3.76. The first-order valence-corrected chi connectivity index (χ1v) is 8.78. The van der Waals surface area contributed by atoms with Gasteiger partial charge in [-0.1, -0.05) is 72.1 Å². The summed E-state index contributed by atoms with van der Waals surface area (Å²) >= 11 is 10.8. The maximum atomic E-state index is 5.10. The fraction of sp³-hybridized carbons (Fsp3) is 0.250. The van der Waals surface area contributed by atoms with E-state index in [0.29, 0.717) is 0 Å². The van der Waals surface area contributed by atoms with Gasteiger partial charge in [0.2, 0.25) is 0 Å². The zero-order valence-electron chi connectivity index (χ0n) is 11.1. The van der Waals surface area contributed by atoms with Gasteiger partial charge in [0.1, 0.15) is 0 Å². The van der Waals surface area contributed by atoms with Crippen LogP contribution in [0.2, 0.25) is 0 Å². The third-order valence-corrected chi connectivity index (χ3v) is 5.02. The summed E-state index contributed by atoms with van der Waals surface area (Å²) < 4.78 is 7.24. The van der Waals surface area contributed by atoms with Gasteiger partial charge in [0.25, 0.3) is 0 Å². The van der Waals surface area contributed by atoms with E-state index in [0.717, 1.165) is 22.0 Å². The van der Waals surface area contributed by atoms with Gasteiger partial charge >= 0.3 is 0 Å². The third-order valence-electron chi connectivity index (χ3n) is 3.04. The minimum Gasteiger partial charge on any atom is -0.384 e. The van der Waals surface area contributed by atoms with Crippen LogP contribution in [-0.2, 0) is 11.2 Å². The van der Waals surface area contributed by atoms with Gasteiger partial charge in [0.05, 0.1) is 11.4 Å². The van der Waals surface area contributed by atoms with Gasteiger partial charge in [-0.15, -0.1) is 0 Å². The van der Waals surface area contributed by atoms with Crippen molar-refractivity contribution >= 4 is 47.8 Å². The molecule has 0 aliphatic heterocycles. The summed E-state index contributed by atoms with van der Waals surface area (Å²) in [4.78, 5) is 0.188. The lowest BCUT2D eigenvalue weighted by atomic mass is 10.0. The van der Waals surface area contributed by atoms with Crippen LogP contribution in [0.25, 0.3) is 0 Å². The number of alkyl halides is 1. The molecule has 1 nitrogen and oxygen atoms in total. The van der Waals surface area contributed by atoms with Crippen LogP contribution in [-0.4, -0.2) is 13.7 Å². The van der Waals surface area contributed by atoms with E-state index in [1.54, 1.807) is 7.11 Å². The first-order valence-electron chi connectivity index (χ1n) is 6.28. The first-order chi connectivity index (χ1) is 9.60. The van der Waals surface area contributed by atoms with E-state index in [9.17, 15) is 0 Å². The molecule has 4 heteroatoms. The molecule has 0 N–H and O–H groups in total. The number of ether oxygens (including phenoxy) is 1. The predicted molar refractivity (Wildman–Crippen MR) is 94.6 cm³/mol. The molecular weight excluding hydrogens is 448 g/mol. The van der Waals surface area contributed by atoms with E-state index < -0.39 is 0 Å². The van der Waals surface area contributed by atoms with E-state index >= 15 is 0 Å². The zero-order chi connectivity index (χ0) is 14.5. The molecule has 0 heterocycles. The molecule has 0 amide bonds. The number of methoxy groups -OCH3 is 1. The second-order valence-electron chi connectivity index (χ2n) is 4.55. The molecule has 0 fully saturated rings. The van der Waals surface area contributed by atoms with Crippen molar-refractivity contribution in [2.24, 2.45) is 0 Å². The van der Waals surface area contributed by atoms with Crippen molar-refractivity contribution in [3.63, 3.8) is 0 Å². The predicted octanol–water partition coefficient (Wildman–Crippen LogP) is 5.88. The highest BCUT2D eigenvalue weighted by atomic mass is 79.9. The highest BCUT2D eigenvalue weighted by Gasteiger charge is 2.11. The zero-order valence-corrected chi connectivity index (χ0v) is 15.8. The third kappa shape index (κ3) is 4.42. The van der Waals surface area contributed by atoms with Crippen molar-refractivity contribution in [2.75, 3.05) is 13.7 Å². The minimum absolute atomic E-state index is 0.188. The summed E-state index contributed by atoms with van der Waals surface area (Å²) in [5.74, 6) is 0. The van der Waals surface area contributed by atoms with E-state index in [-0.39, 0.29) is 4.83 Å². The van der Waals surface area contributed by atoms with Crippen LogP contribution < -0.4 is 0 Å². The van der Waals surface area contributed by atoms with Crippen LogP contribution >= 0.6 is 47.8 Å². The van der Waals surface area contributed by atoms with E-state index in [2.05, 4.69) is 84.2 Å². The molecule has 0 spiro atoms. The maximum absolute atomic E-state index is 5.10. The van der Waals surface area contributed by atoms with Crippen molar-refractivity contribution in [1.29, 1.82) is 0 Å². The Labute approximate surface area is 145 Å². The monoisotopic (exact) mass is 460 g/mol. The number of benzene rings is 2. The van der Waals surface area contributed by atoms with Gasteiger partial charge in [-0.25, -0.2) is 0 Å². The molecule has 2 rings (SSSR count). The quantitative estimate of drug-likeness (QED) is 0.504. The fourth-order valence-electron chi connectivity index (χ4n) is 1.99. The molecule has 1 unspecified atom stereocenters. The lowest BCUT2D eigenvalue weighted by Gasteiger charge is -2.12. The molecule has 20 heavy (non-hydrogen) atoms. The standard InChI is InChI=1S/C16H15Br3O/c1-20-7-6-11-2-4-12(5-3-11)16(19)13-8-14(17)10-15(18)9-13/h2-5,8-10,16H,6-7H2,1H3. The molecule has 106 valence electrons. The van der Waals surface area contributed by atoms with E-state index in [4.69, 9.17) is 4.74 Å². The second-order valence-corrected chi connectivity index (χ2v) is 7.30. The maximum Gasteiger partial charge on any atom is 0.0645 e. The van der Waals surface area contributed by atoms with E-state index in [1.807, 2.05) is 6.07 Å². The largest absolute Gasteiger partial charge is 0.384 e. The van der Waals surface area contributed by atoms with Crippen molar-refractivity contribution in [1.82, 2.24) is 0 Å². The highest BCUT2D eigenvalue weighted by Crippen LogP contribution is 2.34. The Hall–Kier alpha value is -0.160. The summed E-state index contributed by atoms with van der Waals surface area (Å²) in [6, 6.07) is 15.0. The molecule has 2 aromatic rings. The van der Waals surface area contributed by atoms with E-state index in [1.165, 1.54) is 16.7 Å². The number of rotatable bonds is 5. The summed E-state index contributed by atoms with van der Waals surface area (Å²) in [6.45, 7) is 0.760. The molecule has 2 aromatic carbocycles. The molecule has 0 saturated carbocycles. The Morgan fingerprint density at radius 1 is 0.950 bits per heavy atom. The van der Waals surface area contributed by atoms with Gasteiger partial charge in [0.15, 0.2) is 0 Å². The molecule has 0 bridgehead atoms. The van der Waals surface area contributed by atoms with Gasteiger partial charge in [-0.2, -0.15) is 0 Å². The Morgan fingerprint density at radius 3 is 2.10 bits per heavy atom. The highest BCUT2D eigenvalue weighted by molar-refractivity contribution is 9.11. The van der Waals surface area contributed by atoms with Crippen LogP contribution in [0.5, 0.6) is 0 Å². The molecule has 0 aliphatic carbocycles. The van der Waals surface area contributed by atoms with Gasteiger partial charge in [0, 0.05) is 16.1 Å². The van der Waals surface area contributed by atoms with Crippen molar-refractivity contribution in [3.05, 3.63) is 68.1 Å². The molecular formula is C16H15Br3O. The van der Waals surface area contributed by atoms with Crippen molar-refractivity contribution in [2.45, 2.75) is 11.2 Å². The van der Waals surface area contributed by atoms with Crippen molar-refractivity contribution < 1.29 is 4.74 Å². The number of halogens is 3. The minimum atomic E-state index is 0.188. The Kier molecular flexibility index (Phi) is 6.27. The van der Waals surface area contributed by atoms with Crippen LogP contribution in [0.4, 0.5) is 0 Å². The Morgan fingerprint density at radius 2 is 1.55 bits per heavy atom. The molecule has 1 atom stereocenters. The normalized spacial score (nSPS) is 12.4. The number of hydrogen-bond acceptors (Lipinski definition) is 1. The van der Waals surface area contributed by atoms with Crippen LogP contribution in [0.15, 0.2) is 51.4 Å². The summed E-state index contributed by atoms with van der Waals surface area (Å²) in [5, 5.41) is 0. The van der Waals surface area contributed by atoms with Gasteiger partial charge < -0.3 is 4.74 Å². The molecule has 0 saturated heterocycles. The summed E-state index contributed by atoms with van der Waals surface area (Å²) in [6.07, 6.45) is 0.951. The van der Waals surface area contributed by atoms with Crippen LogP contribution in [0, 0.1) is 0 Å². The Balaban J connectivity index is 2.17. The van der Waals surface area contributed by atoms with Crippen LogP contribution in [0.3, 0.4) is 0 Å². The van der Waals surface area contributed by atoms with Gasteiger partial charge in [-0.05, 0) is 41.3 Å². The molecule has 0 aliphatic rings. The topological polar surface area (TPSA) is 9.23 Å². The summed E-state index contributed by atoms with van der Waals surface area (Å²) in [7, 11) is 1.73. The smallest absolute Gasteiger partial charge is 0.0645 e. The first kappa shape index (κ1) is 16.2. The number of hydrogen-bond donors (Lipinski definition) is 0. The SMILES string of the molecule is COCCc1ccc(C(Br)c2cc(Br)cc(Br)c2)cc1. The lowest BCUT2D eigenvalue weighted by molar-refractivity contribution is 0.202. The van der Waals surface area contributed by atoms with Gasteiger partial charge in [-0.3, -0.25) is 0 Å². The average Bonchev–Trinajstić information content (AvgIpc) is 2.44. The fourth-order valence-corrected chi connectivity index (χ4v) is 3.89. The Bertz CT molecular complexity index is 546. The van der Waals surface area contributed by atoms with Crippen molar-refractivity contribution in [3.8, 4) is 0 Å².